The van der Waals surface area contributed by atoms with Crippen molar-refractivity contribution >= 4 is 11.8 Å². The van der Waals surface area contributed by atoms with Gasteiger partial charge in [-0.1, -0.05) is 24.3 Å². The number of nitrogens with zero attached hydrogens (tertiary/aromatic N) is 1. The van der Waals surface area contributed by atoms with Crippen molar-refractivity contribution in [3.63, 3.8) is 0 Å². The molecule has 4 nitrogen and oxygen atoms in total. The molecule has 2 aliphatic rings. The van der Waals surface area contributed by atoms with Crippen LogP contribution < -0.4 is 0 Å². The van der Waals surface area contributed by atoms with E-state index in [2.05, 4.69) is 0 Å². The molecule has 1 aromatic carbocycles. The van der Waals surface area contributed by atoms with Gasteiger partial charge in [-0.2, -0.15) is 0 Å². The fraction of sp³-hybridized carbons (Fsp3) is 0.200. The molecule has 3 rings (SSSR count). The number of benzene rings is 1. The van der Waals surface area contributed by atoms with Gasteiger partial charge in [0.2, 0.25) is 0 Å². The summed E-state index contributed by atoms with van der Waals surface area (Å²) in [6.07, 6.45) is 3.80. The van der Waals surface area contributed by atoms with Crippen LogP contribution in [0.5, 0.6) is 0 Å². The lowest BCUT2D eigenvalue weighted by Crippen LogP contribution is -2.00. The molecule has 0 radical (unpaired) electrons. The van der Waals surface area contributed by atoms with Gasteiger partial charge < -0.3 is 4.74 Å². The number of nitro benzene ring substituents is 1. The third-order valence-corrected chi connectivity index (χ3v) is 2.59. The Kier molecular flexibility index (Phi) is 1.33. The maximum absolute atomic E-state index is 10.8. The number of fused-ring (bicyclic) bond motifs is 3. The predicted octanol–water partition coefficient (Wildman–Crippen LogP) is 2.06. The lowest BCUT2D eigenvalue weighted by molar-refractivity contribution is -0.385. The highest BCUT2D eigenvalue weighted by molar-refractivity contribution is 5.66. The maximum atomic E-state index is 10.8. The van der Waals surface area contributed by atoms with Gasteiger partial charge in [0.1, 0.15) is 12.2 Å². The standard InChI is InChI=1S/C10H7NO3/c12-11(13)7-3-1-2-6-4-5-8-10(14-8)9(6)7/h1-5,8,10H. The maximum Gasteiger partial charge on any atom is 0.275 e. The van der Waals surface area contributed by atoms with E-state index in [1.807, 2.05) is 18.2 Å². The number of rotatable bonds is 1. The van der Waals surface area contributed by atoms with Crippen LogP contribution in [0.3, 0.4) is 0 Å². The monoisotopic (exact) mass is 189 g/mol. The molecule has 1 saturated heterocycles. The van der Waals surface area contributed by atoms with E-state index in [0.29, 0.717) is 0 Å². The minimum absolute atomic E-state index is 0.0589. The van der Waals surface area contributed by atoms with E-state index >= 15 is 0 Å². The molecule has 1 aliphatic carbocycles. The molecular formula is C10H7NO3. The average Bonchev–Trinajstić information content (AvgIpc) is 2.95. The second-order valence-electron chi connectivity index (χ2n) is 3.42. The molecule has 0 amide bonds. The minimum Gasteiger partial charge on any atom is -0.360 e. The SMILES string of the molecule is O=[N+]([O-])c1cccc2c1C1OC1C=C2. The summed E-state index contributed by atoms with van der Waals surface area (Å²) in [6, 6.07) is 5.09. The third kappa shape index (κ3) is 0.914. The molecule has 0 bridgehead atoms. The molecule has 2 atom stereocenters. The first-order valence-electron chi connectivity index (χ1n) is 4.38. The first-order valence-corrected chi connectivity index (χ1v) is 4.38. The van der Waals surface area contributed by atoms with Gasteiger partial charge >= 0.3 is 0 Å². The molecule has 0 saturated carbocycles. The summed E-state index contributed by atoms with van der Waals surface area (Å²) in [5.74, 6) is 0. The molecule has 1 aromatic rings. The lowest BCUT2D eigenvalue weighted by atomic mass is 9.96. The van der Waals surface area contributed by atoms with Crippen LogP contribution in [0, 0.1) is 10.1 Å². The first kappa shape index (κ1) is 7.70. The number of ether oxygens (including phenoxy) is 1. The van der Waals surface area contributed by atoms with Crippen LogP contribution in [-0.2, 0) is 4.74 Å². The molecule has 14 heavy (non-hydrogen) atoms. The van der Waals surface area contributed by atoms with Gasteiger partial charge in [-0.3, -0.25) is 10.1 Å². The van der Waals surface area contributed by atoms with Crippen molar-refractivity contribution in [2.45, 2.75) is 12.2 Å². The Morgan fingerprint density at radius 1 is 1.43 bits per heavy atom. The van der Waals surface area contributed by atoms with E-state index in [1.165, 1.54) is 6.07 Å². The summed E-state index contributed by atoms with van der Waals surface area (Å²) in [6.45, 7) is 0. The van der Waals surface area contributed by atoms with Gasteiger partial charge in [0.15, 0.2) is 0 Å². The van der Waals surface area contributed by atoms with E-state index in [-0.39, 0.29) is 22.8 Å². The Labute approximate surface area is 80.0 Å². The zero-order valence-electron chi connectivity index (χ0n) is 7.21. The summed E-state index contributed by atoms with van der Waals surface area (Å²) < 4.78 is 5.30. The number of hydrogen-bond donors (Lipinski definition) is 0. The average molecular weight is 189 g/mol. The lowest BCUT2D eigenvalue weighted by Gasteiger charge is -2.06. The third-order valence-electron chi connectivity index (χ3n) is 2.59. The van der Waals surface area contributed by atoms with Crippen LogP contribution >= 0.6 is 0 Å². The molecule has 2 unspecified atom stereocenters. The number of hydrogen-bond acceptors (Lipinski definition) is 3. The Balaban J connectivity index is 2.24. The van der Waals surface area contributed by atoms with Crippen molar-refractivity contribution in [3.8, 4) is 0 Å². The molecular weight excluding hydrogens is 182 g/mol. The highest BCUT2D eigenvalue weighted by atomic mass is 16.6. The van der Waals surface area contributed by atoms with E-state index in [4.69, 9.17) is 4.74 Å². The summed E-state index contributed by atoms with van der Waals surface area (Å²) in [4.78, 5) is 10.4. The highest BCUT2D eigenvalue weighted by Gasteiger charge is 2.45. The van der Waals surface area contributed by atoms with Gasteiger partial charge in [-0.05, 0) is 5.56 Å². The normalized spacial score (nSPS) is 26.6. The van der Waals surface area contributed by atoms with Crippen molar-refractivity contribution in [1.82, 2.24) is 0 Å². The predicted molar refractivity (Wildman–Crippen MR) is 49.7 cm³/mol. The van der Waals surface area contributed by atoms with Gasteiger partial charge in [-0.15, -0.1) is 0 Å². The molecule has 70 valence electrons. The fourth-order valence-electron chi connectivity index (χ4n) is 1.89. The van der Waals surface area contributed by atoms with Gasteiger partial charge in [0.25, 0.3) is 5.69 Å². The topological polar surface area (TPSA) is 55.7 Å². The molecule has 1 aliphatic heterocycles. The zero-order valence-corrected chi connectivity index (χ0v) is 7.21. The van der Waals surface area contributed by atoms with Crippen LogP contribution in [-0.4, -0.2) is 11.0 Å². The van der Waals surface area contributed by atoms with E-state index < -0.39 is 0 Å². The van der Waals surface area contributed by atoms with Crippen molar-refractivity contribution < 1.29 is 9.66 Å². The highest BCUT2D eigenvalue weighted by Crippen LogP contribution is 2.48. The molecule has 1 fully saturated rings. The molecule has 4 heteroatoms. The van der Waals surface area contributed by atoms with E-state index in [1.54, 1.807) is 6.07 Å². The Bertz CT molecular complexity index is 453. The van der Waals surface area contributed by atoms with Crippen LogP contribution in [0.2, 0.25) is 0 Å². The quantitative estimate of drug-likeness (QED) is 0.386. The Morgan fingerprint density at radius 3 is 3.07 bits per heavy atom. The Morgan fingerprint density at radius 2 is 2.29 bits per heavy atom. The summed E-state index contributed by atoms with van der Waals surface area (Å²) in [5, 5.41) is 10.8. The van der Waals surface area contributed by atoms with Crippen molar-refractivity contribution in [2.75, 3.05) is 0 Å². The van der Waals surface area contributed by atoms with Crippen molar-refractivity contribution in [1.29, 1.82) is 0 Å². The van der Waals surface area contributed by atoms with Crippen molar-refractivity contribution in [3.05, 3.63) is 45.5 Å². The van der Waals surface area contributed by atoms with Crippen LogP contribution in [0.4, 0.5) is 5.69 Å². The van der Waals surface area contributed by atoms with Gasteiger partial charge in [-0.25, -0.2) is 0 Å². The molecule has 0 aromatic heterocycles. The molecule has 0 N–H and O–H groups in total. The van der Waals surface area contributed by atoms with Crippen LogP contribution in [0.15, 0.2) is 24.3 Å². The molecule has 1 heterocycles. The van der Waals surface area contributed by atoms with Gasteiger partial charge in [0, 0.05) is 6.07 Å². The Hall–Kier alpha value is -1.68. The second-order valence-corrected chi connectivity index (χ2v) is 3.42. The summed E-state index contributed by atoms with van der Waals surface area (Å²) in [5.41, 5.74) is 1.79. The largest absolute Gasteiger partial charge is 0.360 e. The number of nitro groups is 1. The van der Waals surface area contributed by atoms with Crippen LogP contribution in [0.25, 0.3) is 6.08 Å². The van der Waals surface area contributed by atoms with E-state index in [0.717, 1.165) is 11.1 Å². The molecule has 0 spiro atoms. The second kappa shape index (κ2) is 2.42. The summed E-state index contributed by atoms with van der Waals surface area (Å²) in [7, 11) is 0. The van der Waals surface area contributed by atoms with Crippen LogP contribution in [0.1, 0.15) is 17.2 Å². The smallest absolute Gasteiger partial charge is 0.275 e. The van der Waals surface area contributed by atoms with E-state index in [9.17, 15) is 10.1 Å². The number of epoxide rings is 1. The summed E-state index contributed by atoms with van der Waals surface area (Å²) >= 11 is 0. The van der Waals surface area contributed by atoms with Gasteiger partial charge in [0.05, 0.1) is 10.5 Å². The minimum atomic E-state index is -0.350. The zero-order chi connectivity index (χ0) is 9.71. The van der Waals surface area contributed by atoms with Crippen molar-refractivity contribution in [2.24, 2.45) is 0 Å². The fourth-order valence-corrected chi connectivity index (χ4v) is 1.89. The first-order chi connectivity index (χ1) is 6.77.